The standard InChI is InChI=1S/C19H26N4O4/c1-2-27-17(25)9-10-22-16(24)12-14-4-3-11-23(19(14)26)15-7-5-13(6-8-15)18(20)21/h5-8,14H,2-4,9-12H2,1H3,(H3,20,21)(H,22,24). The van der Waals surface area contributed by atoms with Crippen molar-refractivity contribution in [3.8, 4) is 0 Å². The third kappa shape index (κ3) is 5.80. The predicted molar refractivity (Wildman–Crippen MR) is 101 cm³/mol. The number of benzene rings is 1. The lowest BCUT2D eigenvalue weighted by molar-refractivity contribution is -0.143. The van der Waals surface area contributed by atoms with Gasteiger partial charge in [-0.25, -0.2) is 0 Å². The quantitative estimate of drug-likeness (QED) is 0.358. The number of amidine groups is 1. The molecule has 1 unspecified atom stereocenters. The number of anilines is 1. The summed E-state index contributed by atoms with van der Waals surface area (Å²) in [6, 6.07) is 6.93. The molecule has 27 heavy (non-hydrogen) atoms. The molecule has 1 aromatic carbocycles. The molecule has 8 nitrogen and oxygen atoms in total. The molecule has 1 aliphatic rings. The largest absolute Gasteiger partial charge is 0.466 e. The minimum atomic E-state index is -0.381. The van der Waals surface area contributed by atoms with Crippen molar-refractivity contribution in [3.63, 3.8) is 0 Å². The molecule has 1 heterocycles. The number of piperidine rings is 1. The third-order valence-electron chi connectivity index (χ3n) is 4.43. The Kier molecular flexibility index (Phi) is 7.34. The maximum atomic E-state index is 12.8. The zero-order valence-corrected chi connectivity index (χ0v) is 15.5. The molecule has 2 amide bonds. The van der Waals surface area contributed by atoms with Crippen LogP contribution in [0.3, 0.4) is 0 Å². The Morgan fingerprint density at radius 3 is 2.67 bits per heavy atom. The summed E-state index contributed by atoms with van der Waals surface area (Å²) >= 11 is 0. The van der Waals surface area contributed by atoms with Crippen LogP contribution in [0.4, 0.5) is 5.69 Å². The molecule has 1 saturated heterocycles. The molecular formula is C19H26N4O4. The minimum Gasteiger partial charge on any atom is -0.466 e. The number of nitrogen functional groups attached to an aromatic ring is 1. The van der Waals surface area contributed by atoms with Gasteiger partial charge in [0.1, 0.15) is 5.84 Å². The number of nitrogens with two attached hydrogens (primary N) is 1. The first-order chi connectivity index (χ1) is 12.9. The van der Waals surface area contributed by atoms with Crippen molar-refractivity contribution >= 4 is 29.3 Å². The Hall–Kier alpha value is -2.90. The van der Waals surface area contributed by atoms with Crippen LogP contribution in [0.5, 0.6) is 0 Å². The van der Waals surface area contributed by atoms with Crippen molar-refractivity contribution in [2.75, 3.05) is 24.6 Å². The molecule has 1 atom stereocenters. The summed E-state index contributed by atoms with van der Waals surface area (Å²) in [5.74, 6) is -1.09. The van der Waals surface area contributed by atoms with Gasteiger partial charge < -0.3 is 20.7 Å². The zero-order valence-electron chi connectivity index (χ0n) is 15.5. The van der Waals surface area contributed by atoms with Gasteiger partial charge in [-0.3, -0.25) is 19.8 Å². The molecule has 1 fully saturated rings. The number of hydrogen-bond acceptors (Lipinski definition) is 5. The highest BCUT2D eigenvalue weighted by molar-refractivity contribution is 5.99. The summed E-state index contributed by atoms with van der Waals surface area (Å²) in [6.07, 6.45) is 1.68. The van der Waals surface area contributed by atoms with Gasteiger partial charge in [0.25, 0.3) is 0 Å². The second-order valence-electron chi connectivity index (χ2n) is 6.40. The van der Waals surface area contributed by atoms with Crippen LogP contribution < -0.4 is 16.0 Å². The van der Waals surface area contributed by atoms with E-state index >= 15 is 0 Å². The summed E-state index contributed by atoms with van der Waals surface area (Å²) in [5, 5.41) is 10.1. The van der Waals surface area contributed by atoms with Crippen LogP contribution in [0.25, 0.3) is 0 Å². The Morgan fingerprint density at radius 1 is 1.33 bits per heavy atom. The first-order valence-electron chi connectivity index (χ1n) is 9.10. The van der Waals surface area contributed by atoms with Crippen LogP contribution in [0, 0.1) is 11.3 Å². The molecule has 8 heteroatoms. The van der Waals surface area contributed by atoms with Crippen molar-refractivity contribution in [2.24, 2.45) is 11.7 Å². The van der Waals surface area contributed by atoms with Gasteiger partial charge in [-0.2, -0.15) is 0 Å². The summed E-state index contributed by atoms with van der Waals surface area (Å²) in [4.78, 5) is 37.8. The first-order valence-corrected chi connectivity index (χ1v) is 9.10. The van der Waals surface area contributed by atoms with E-state index in [1.807, 2.05) is 0 Å². The number of hydrogen-bond donors (Lipinski definition) is 3. The zero-order chi connectivity index (χ0) is 19.8. The normalized spacial score (nSPS) is 16.7. The average Bonchev–Trinajstić information content (AvgIpc) is 2.64. The second kappa shape index (κ2) is 9.70. The van der Waals surface area contributed by atoms with Crippen LogP contribution in [0.1, 0.15) is 38.2 Å². The van der Waals surface area contributed by atoms with Gasteiger partial charge >= 0.3 is 5.97 Å². The van der Waals surface area contributed by atoms with Crippen LogP contribution >= 0.6 is 0 Å². The topological polar surface area (TPSA) is 126 Å². The van der Waals surface area contributed by atoms with E-state index in [1.165, 1.54) is 0 Å². The molecule has 4 N–H and O–H groups in total. The van der Waals surface area contributed by atoms with E-state index in [0.29, 0.717) is 25.1 Å². The maximum Gasteiger partial charge on any atom is 0.307 e. The summed E-state index contributed by atoms with van der Waals surface area (Å²) in [7, 11) is 0. The first kappa shape index (κ1) is 20.4. The molecule has 1 aliphatic heterocycles. The highest BCUT2D eigenvalue weighted by Gasteiger charge is 2.31. The lowest BCUT2D eigenvalue weighted by Gasteiger charge is -2.32. The molecule has 2 rings (SSSR count). The number of carbonyl (C=O) groups excluding carboxylic acids is 3. The molecule has 146 valence electrons. The van der Waals surface area contributed by atoms with Crippen molar-refractivity contribution in [1.82, 2.24) is 5.32 Å². The average molecular weight is 374 g/mol. The molecule has 1 aromatic rings. The molecule has 0 radical (unpaired) electrons. The van der Waals surface area contributed by atoms with E-state index < -0.39 is 0 Å². The van der Waals surface area contributed by atoms with Crippen LogP contribution in [-0.2, 0) is 19.1 Å². The number of amides is 2. The van der Waals surface area contributed by atoms with E-state index in [2.05, 4.69) is 5.32 Å². The maximum absolute atomic E-state index is 12.8. The third-order valence-corrected chi connectivity index (χ3v) is 4.43. The highest BCUT2D eigenvalue weighted by Crippen LogP contribution is 2.26. The molecule has 0 bridgehead atoms. The molecule has 0 saturated carbocycles. The fourth-order valence-corrected chi connectivity index (χ4v) is 3.05. The Labute approximate surface area is 158 Å². The van der Waals surface area contributed by atoms with Gasteiger partial charge in [-0.15, -0.1) is 0 Å². The monoisotopic (exact) mass is 374 g/mol. The fraction of sp³-hybridized carbons (Fsp3) is 0.474. The van der Waals surface area contributed by atoms with Crippen molar-refractivity contribution in [2.45, 2.75) is 32.6 Å². The smallest absolute Gasteiger partial charge is 0.307 e. The summed E-state index contributed by atoms with van der Waals surface area (Å²) in [5.41, 5.74) is 6.78. The lowest BCUT2D eigenvalue weighted by Crippen LogP contribution is -2.43. The SMILES string of the molecule is CCOC(=O)CCNC(=O)CC1CCCN(c2ccc(C(=N)N)cc2)C1=O. The van der Waals surface area contributed by atoms with Crippen molar-refractivity contribution < 1.29 is 19.1 Å². The van der Waals surface area contributed by atoms with Crippen LogP contribution in [-0.4, -0.2) is 43.3 Å². The van der Waals surface area contributed by atoms with Crippen molar-refractivity contribution in [1.29, 1.82) is 5.41 Å². The van der Waals surface area contributed by atoms with Crippen LogP contribution in [0.15, 0.2) is 24.3 Å². The number of carbonyl (C=O) groups is 3. The predicted octanol–water partition coefficient (Wildman–Crippen LogP) is 1.17. The highest BCUT2D eigenvalue weighted by atomic mass is 16.5. The van der Waals surface area contributed by atoms with E-state index in [1.54, 1.807) is 36.1 Å². The van der Waals surface area contributed by atoms with Crippen LogP contribution in [0.2, 0.25) is 0 Å². The summed E-state index contributed by atoms with van der Waals surface area (Å²) in [6.45, 7) is 2.84. The minimum absolute atomic E-state index is 0.0242. The van der Waals surface area contributed by atoms with E-state index in [-0.39, 0.29) is 48.9 Å². The van der Waals surface area contributed by atoms with E-state index in [9.17, 15) is 14.4 Å². The number of ether oxygens (including phenoxy) is 1. The van der Waals surface area contributed by atoms with Gasteiger partial charge in [-0.1, -0.05) is 0 Å². The Balaban J connectivity index is 1.89. The number of nitrogens with zero attached hydrogens (tertiary/aromatic N) is 1. The van der Waals surface area contributed by atoms with E-state index in [4.69, 9.17) is 15.9 Å². The fourth-order valence-electron chi connectivity index (χ4n) is 3.05. The number of rotatable bonds is 8. The van der Waals surface area contributed by atoms with Crippen molar-refractivity contribution in [3.05, 3.63) is 29.8 Å². The molecule has 0 aliphatic carbocycles. The molecule has 0 spiro atoms. The molecule has 0 aromatic heterocycles. The summed E-state index contributed by atoms with van der Waals surface area (Å²) < 4.78 is 4.80. The van der Waals surface area contributed by atoms with Gasteiger partial charge in [0.2, 0.25) is 11.8 Å². The second-order valence-corrected chi connectivity index (χ2v) is 6.40. The van der Waals surface area contributed by atoms with Gasteiger partial charge in [0, 0.05) is 36.7 Å². The lowest BCUT2D eigenvalue weighted by atomic mass is 9.93. The Bertz CT molecular complexity index is 702. The van der Waals surface area contributed by atoms with E-state index in [0.717, 1.165) is 12.1 Å². The number of nitrogens with one attached hydrogen (secondary N) is 2. The van der Waals surface area contributed by atoms with Gasteiger partial charge in [-0.05, 0) is 44.0 Å². The van der Waals surface area contributed by atoms with Gasteiger partial charge in [0.05, 0.1) is 13.0 Å². The number of esters is 1. The molecular weight excluding hydrogens is 348 g/mol. The Morgan fingerprint density at radius 2 is 2.04 bits per heavy atom. The van der Waals surface area contributed by atoms with Gasteiger partial charge in [0.15, 0.2) is 0 Å².